The van der Waals surface area contributed by atoms with Crippen molar-refractivity contribution >= 4 is 10.9 Å². The highest BCUT2D eigenvalue weighted by Gasteiger charge is 2.19. The summed E-state index contributed by atoms with van der Waals surface area (Å²) in [5, 5.41) is 5.49. The fraction of sp³-hybridized carbons (Fsp3) is 0.364. The van der Waals surface area contributed by atoms with Gasteiger partial charge in [-0.05, 0) is 18.1 Å². The highest BCUT2D eigenvalue weighted by molar-refractivity contribution is 5.82. The molecule has 0 aliphatic carbocycles. The Morgan fingerprint density at radius 2 is 2.47 bits per heavy atom. The van der Waals surface area contributed by atoms with E-state index >= 15 is 0 Å². The Labute approximate surface area is 87.8 Å². The van der Waals surface area contributed by atoms with Crippen molar-refractivity contribution in [1.82, 2.24) is 15.3 Å². The molecule has 1 atom stereocenters. The summed E-state index contributed by atoms with van der Waals surface area (Å²) in [5.74, 6) is 0. The van der Waals surface area contributed by atoms with Crippen LogP contribution in [0.1, 0.15) is 18.0 Å². The van der Waals surface area contributed by atoms with Gasteiger partial charge in [0, 0.05) is 12.4 Å². The van der Waals surface area contributed by atoms with E-state index in [2.05, 4.69) is 28.8 Å². The van der Waals surface area contributed by atoms with Gasteiger partial charge in [0.25, 0.3) is 0 Å². The van der Waals surface area contributed by atoms with Crippen molar-refractivity contribution in [1.29, 1.82) is 0 Å². The highest BCUT2D eigenvalue weighted by Crippen LogP contribution is 2.27. The first-order valence-electron chi connectivity index (χ1n) is 5.14. The van der Waals surface area contributed by atoms with E-state index < -0.39 is 0 Å². The van der Waals surface area contributed by atoms with Crippen LogP contribution in [-0.4, -0.2) is 16.4 Å². The van der Waals surface area contributed by atoms with Crippen LogP contribution in [0.15, 0.2) is 24.4 Å². The standard InChI is InChI=1S/C11H13N3O/c1-14-11-4-2-3-8(9(11)7-12-14)10-5-6-15-13-10/h2-4,7,10,13H,5-6H2,1H3/t10-/m1/s1. The molecule has 1 saturated heterocycles. The van der Waals surface area contributed by atoms with Gasteiger partial charge in [0.2, 0.25) is 0 Å². The van der Waals surface area contributed by atoms with Crippen LogP contribution in [0.25, 0.3) is 10.9 Å². The van der Waals surface area contributed by atoms with Gasteiger partial charge in [0.1, 0.15) is 0 Å². The van der Waals surface area contributed by atoms with Gasteiger partial charge >= 0.3 is 0 Å². The summed E-state index contributed by atoms with van der Waals surface area (Å²) in [5.41, 5.74) is 5.48. The van der Waals surface area contributed by atoms with E-state index in [1.54, 1.807) is 0 Å². The van der Waals surface area contributed by atoms with Crippen molar-refractivity contribution in [3.63, 3.8) is 0 Å². The molecule has 1 fully saturated rings. The molecule has 1 N–H and O–H groups in total. The summed E-state index contributed by atoms with van der Waals surface area (Å²) in [7, 11) is 1.96. The maximum Gasteiger partial charge on any atom is 0.0701 e. The van der Waals surface area contributed by atoms with E-state index in [0.29, 0.717) is 6.04 Å². The lowest BCUT2D eigenvalue weighted by atomic mass is 10.0. The van der Waals surface area contributed by atoms with Crippen LogP contribution < -0.4 is 5.48 Å². The van der Waals surface area contributed by atoms with Crippen molar-refractivity contribution < 1.29 is 4.84 Å². The maximum absolute atomic E-state index is 5.19. The number of nitrogens with one attached hydrogen (secondary N) is 1. The Bertz CT molecular complexity index is 486. The van der Waals surface area contributed by atoms with Crippen molar-refractivity contribution in [3.8, 4) is 0 Å². The van der Waals surface area contributed by atoms with Crippen molar-refractivity contribution in [2.45, 2.75) is 12.5 Å². The lowest BCUT2D eigenvalue weighted by molar-refractivity contribution is 0.0885. The lowest BCUT2D eigenvalue weighted by Gasteiger charge is -2.09. The second-order valence-corrected chi connectivity index (χ2v) is 3.86. The zero-order valence-electron chi connectivity index (χ0n) is 8.60. The molecule has 1 aliphatic heterocycles. The van der Waals surface area contributed by atoms with E-state index in [1.807, 2.05) is 17.9 Å². The average Bonchev–Trinajstić information content (AvgIpc) is 2.88. The highest BCUT2D eigenvalue weighted by atomic mass is 16.7. The van der Waals surface area contributed by atoms with Crippen LogP contribution in [0.3, 0.4) is 0 Å². The Hall–Kier alpha value is -1.39. The van der Waals surface area contributed by atoms with Gasteiger partial charge in [0.15, 0.2) is 0 Å². The number of rotatable bonds is 1. The minimum atomic E-state index is 0.304. The van der Waals surface area contributed by atoms with Crippen LogP contribution in [0.4, 0.5) is 0 Å². The normalized spacial score (nSPS) is 21.3. The molecule has 78 valence electrons. The number of aryl methyl sites for hydroxylation is 1. The molecule has 2 aromatic rings. The second kappa shape index (κ2) is 3.32. The third-order valence-electron chi connectivity index (χ3n) is 2.94. The molecule has 3 rings (SSSR count). The first kappa shape index (κ1) is 8.88. The van der Waals surface area contributed by atoms with Gasteiger partial charge in [-0.25, -0.2) is 0 Å². The molecule has 1 aromatic carbocycles. The number of nitrogens with zero attached hydrogens (tertiary/aromatic N) is 2. The fourth-order valence-electron chi connectivity index (χ4n) is 2.12. The van der Waals surface area contributed by atoms with Crippen LogP contribution in [0.5, 0.6) is 0 Å². The summed E-state index contributed by atoms with van der Waals surface area (Å²) < 4.78 is 1.90. The first-order chi connectivity index (χ1) is 7.36. The molecular weight excluding hydrogens is 190 g/mol. The summed E-state index contributed by atoms with van der Waals surface area (Å²) in [6.07, 6.45) is 2.94. The minimum Gasteiger partial charge on any atom is -0.301 e. The van der Waals surface area contributed by atoms with Gasteiger partial charge < -0.3 is 4.84 Å². The molecule has 4 nitrogen and oxygen atoms in total. The molecule has 15 heavy (non-hydrogen) atoms. The predicted molar refractivity (Wildman–Crippen MR) is 57.2 cm³/mol. The van der Waals surface area contributed by atoms with Crippen molar-refractivity contribution in [3.05, 3.63) is 30.0 Å². The number of benzene rings is 1. The Morgan fingerprint density at radius 1 is 1.53 bits per heavy atom. The zero-order chi connectivity index (χ0) is 10.3. The summed E-state index contributed by atoms with van der Waals surface area (Å²) in [6, 6.07) is 6.59. The monoisotopic (exact) mass is 203 g/mol. The minimum absolute atomic E-state index is 0.304. The maximum atomic E-state index is 5.19. The van der Waals surface area contributed by atoms with Gasteiger partial charge in [0.05, 0.1) is 24.4 Å². The van der Waals surface area contributed by atoms with Gasteiger partial charge in [-0.1, -0.05) is 12.1 Å². The number of hydrogen-bond acceptors (Lipinski definition) is 3. The summed E-state index contributed by atoms with van der Waals surface area (Å²) >= 11 is 0. The van der Waals surface area contributed by atoms with Gasteiger partial charge in [-0.15, -0.1) is 0 Å². The molecule has 0 unspecified atom stereocenters. The summed E-state index contributed by atoms with van der Waals surface area (Å²) in [6.45, 7) is 0.779. The molecule has 0 bridgehead atoms. The Balaban J connectivity index is 2.17. The fourth-order valence-corrected chi connectivity index (χ4v) is 2.12. The number of fused-ring (bicyclic) bond motifs is 1. The number of hydroxylamine groups is 1. The molecule has 2 heterocycles. The molecule has 0 saturated carbocycles. The molecule has 4 heteroatoms. The molecule has 1 aliphatic rings. The van der Waals surface area contributed by atoms with Crippen molar-refractivity contribution in [2.24, 2.45) is 7.05 Å². The first-order valence-corrected chi connectivity index (χ1v) is 5.14. The molecule has 0 amide bonds. The van der Waals surface area contributed by atoms with Crippen LogP contribution in [-0.2, 0) is 11.9 Å². The summed E-state index contributed by atoms with van der Waals surface area (Å²) in [4.78, 5) is 5.19. The topological polar surface area (TPSA) is 39.1 Å². The SMILES string of the molecule is Cn1ncc2c([C@H]3CCON3)cccc21. The van der Waals surface area contributed by atoms with Crippen LogP contribution >= 0.6 is 0 Å². The van der Waals surface area contributed by atoms with Gasteiger partial charge in [-0.3, -0.25) is 4.68 Å². The Kier molecular flexibility index (Phi) is 1.97. The van der Waals surface area contributed by atoms with E-state index in [4.69, 9.17) is 4.84 Å². The Morgan fingerprint density at radius 3 is 3.27 bits per heavy atom. The number of aromatic nitrogens is 2. The van der Waals surface area contributed by atoms with Crippen LogP contribution in [0.2, 0.25) is 0 Å². The van der Waals surface area contributed by atoms with Gasteiger partial charge in [-0.2, -0.15) is 10.6 Å². The molecular formula is C11H13N3O. The average molecular weight is 203 g/mol. The van der Waals surface area contributed by atoms with E-state index in [0.717, 1.165) is 13.0 Å². The van der Waals surface area contributed by atoms with E-state index in [-0.39, 0.29) is 0 Å². The van der Waals surface area contributed by atoms with Crippen LogP contribution in [0, 0.1) is 0 Å². The smallest absolute Gasteiger partial charge is 0.0701 e. The zero-order valence-corrected chi connectivity index (χ0v) is 8.60. The van der Waals surface area contributed by atoms with E-state index in [1.165, 1.54) is 16.5 Å². The molecule has 0 radical (unpaired) electrons. The van der Waals surface area contributed by atoms with Crippen molar-refractivity contribution in [2.75, 3.05) is 6.61 Å². The quantitative estimate of drug-likeness (QED) is 0.764. The predicted octanol–water partition coefficient (Wildman–Crippen LogP) is 1.54. The third kappa shape index (κ3) is 1.33. The third-order valence-corrected chi connectivity index (χ3v) is 2.94. The van der Waals surface area contributed by atoms with E-state index in [9.17, 15) is 0 Å². The second-order valence-electron chi connectivity index (χ2n) is 3.86. The molecule has 1 aromatic heterocycles. The number of hydrogen-bond donors (Lipinski definition) is 1. The molecule has 0 spiro atoms. The largest absolute Gasteiger partial charge is 0.301 e. The lowest BCUT2D eigenvalue weighted by Crippen LogP contribution is -2.11.